The van der Waals surface area contributed by atoms with Crippen LogP contribution in [0, 0.1) is 6.92 Å². The lowest BCUT2D eigenvalue weighted by Gasteiger charge is -2.19. The number of benzene rings is 1. The van der Waals surface area contributed by atoms with Crippen molar-refractivity contribution >= 4 is 23.1 Å². The fourth-order valence-corrected chi connectivity index (χ4v) is 3.41. The van der Waals surface area contributed by atoms with Crippen molar-refractivity contribution in [3.63, 3.8) is 0 Å². The van der Waals surface area contributed by atoms with Crippen LogP contribution >= 0.6 is 11.6 Å². The van der Waals surface area contributed by atoms with Crippen molar-refractivity contribution in [1.82, 2.24) is 4.57 Å². The summed E-state index contributed by atoms with van der Waals surface area (Å²) in [5.41, 5.74) is 3.28. The Morgan fingerprint density at radius 2 is 1.92 bits per heavy atom. The first kappa shape index (κ1) is 17.5. The molecule has 0 fully saturated rings. The van der Waals surface area contributed by atoms with E-state index in [-0.39, 0.29) is 5.56 Å². The van der Waals surface area contributed by atoms with Crippen LogP contribution in [-0.2, 0) is 4.74 Å². The lowest BCUT2D eigenvalue weighted by atomic mass is 9.89. The van der Waals surface area contributed by atoms with Crippen LogP contribution in [0.25, 0.3) is 11.3 Å². The molecule has 5 heteroatoms. The van der Waals surface area contributed by atoms with E-state index in [1.165, 1.54) is 11.7 Å². The Bertz CT molecular complexity index is 894. The number of hydrogen-bond donors (Lipinski definition) is 0. The Labute approximate surface area is 151 Å². The van der Waals surface area contributed by atoms with Gasteiger partial charge in [0.2, 0.25) is 0 Å². The number of nitrogens with zero attached hydrogens (tertiary/aromatic N) is 1. The van der Waals surface area contributed by atoms with E-state index < -0.39 is 5.97 Å². The zero-order valence-electron chi connectivity index (χ0n) is 14.3. The van der Waals surface area contributed by atoms with Gasteiger partial charge >= 0.3 is 5.97 Å². The van der Waals surface area contributed by atoms with E-state index in [2.05, 4.69) is 6.08 Å². The first-order valence-corrected chi connectivity index (χ1v) is 8.70. The molecule has 1 heterocycles. The number of carbonyl (C=O) groups is 1. The standard InChI is InChI=1S/C20H20ClNO3/c1-13-18(14-6-4-3-5-7-14)17(20(24)25-2)12-22(19(13)23)16-10-8-15(21)9-11-16/h6,8-12H,3-5,7H2,1-2H3. The SMILES string of the molecule is COC(=O)c1cn(-c2ccc(Cl)cc2)c(=O)c(C)c1C1=CCCCC1. The van der Waals surface area contributed by atoms with Crippen molar-refractivity contribution in [3.8, 4) is 5.69 Å². The van der Waals surface area contributed by atoms with Gasteiger partial charge in [0, 0.05) is 28.0 Å². The largest absolute Gasteiger partial charge is 0.465 e. The molecule has 1 aromatic carbocycles. The van der Waals surface area contributed by atoms with Crippen molar-refractivity contribution in [2.45, 2.75) is 32.6 Å². The quantitative estimate of drug-likeness (QED) is 0.757. The number of methoxy groups -OCH3 is 1. The van der Waals surface area contributed by atoms with Gasteiger partial charge in [-0.2, -0.15) is 0 Å². The normalized spacial score (nSPS) is 14.1. The third-order valence-corrected chi connectivity index (χ3v) is 4.82. The summed E-state index contributed by atoms with van der Waals surface area (Å²) in [5.74, 6) is -0.438. The Morgan fingerprint density at radius 3 is 2.52 bits per heavy atom. The van der Waals surface area contributed by atoms with E-state index >= 15 is 0 Å². The van der Waals surface area contributed by atoms with Gasteiger partial charge in [0.25, 0.3) is 5.56 Å². The molecule has 0 aliphatic heterocycles. The number of ether oxygens (including phenoxy) is 1. The van der Waals surface area contributed by atoms with Gasteiger partial charge in [-0.25, -0.2) is 4.79 Å². The summed E-state index contributed by atoms with van der Waals surface area (Å²) < 4.78 is 6.45. The van der Waals surface area contributed by atoms with Crippen molar-refractivity contribution in [2.24, 2.45) is 0 Å². The topological polar surface area (TPSA) is 48.3 Å². The molecule has 0 atom stereocenters. The number of esters is 1. The van der Waals surface area contributed by atoms with Gasteiger partial charge in [-0.3, -0.25) is 9.36 Å². The zero-order valence-corrected chi connectivity index (χ0v) is 15.1. The third kappa shape index (κ3) is 3.40. The highest BCUT2D eigenvalue weighted by molar-refractivity contribution is 6.30. The summed E-state index contributed by atoms with van der Waals surface area (Å²) in [4.78, 5) is 25.3. The minimum Gasteiger partial charge on any atom is -0.465 e. The molecule has 2 aromatic rings. The lowest BCUT2D eigenvalue weighted by Crippen LogP contribution is -2.25. The molecule has 130 valence electrons. The van der Waals surface area contributed by atoms with Crippen LogP contribution in [0.3, 0.4) is 0 Å². The molecule has 0 bridgehead atoms. The maximum atomic E-state index is 12.9. The predicted octanol–water partition coefficient (Wildman–Crippen LogP) is 4.54. The van der Waals surface area contributed by atoms with E-state index in [1.807, 2.05) is 0 Å². The molecule has 1 aromatic heterocycles. The molecule has 1 aliphatic carbocycles. The van der Waals surface area contributed by atoms with Gasteiger partial charge in [-0.15, -0.1) is 0 Å². The summed E-state index contributed by atoms with van der Waals surface area (Å²) >= 11 is 5.93. The number of aromatic nitrogens is 1. The van der Waals surface area contributed by atoms with E-state index in [0.29, 0.717) is 21.8 Å². The highest BCUT2D eigenvalue weighted by Crippen LogP contribution is 2.31. The van der Waals surface area contributed by atoms with Crippen LogP contribution in [0.4, 0.5) is 0 Å². The van der Waals surface area contributed by atoms with Gasteiger partial charge in [-0.05, 0) is 62.4 Å². The molecule has 0 radical (unpaired) electrons. The Morgan fingerprint density at radius 1 is 1.20 bits per heavy atom. The Kier molecular flexibility index (Phi) is 5.09. The second-order valence-electron chi connectivity index (χ2n) is 6.16. The van der Waals surface area contributed by atoms with E-state index in [1.54, 1.807) is 37.4 Å². The lowest BCUT2D eigenvalue weighted by molar-refractivity contribution is 0.0599. The molecule has 0 saturated heterocycles. The van der Waals surface area contributed by atoms with Gasteiger partial charge in [0.1, 0.15) is 0 Å². The first-order valence-electron chi connectivity index (χ1n) is 8.33. The van der Waals surface area contributed by atoms with Crippen molar-refractivity contribution < 1.29 is 9.53 Å². The summed E-state index contributed by atoms with van der Waals surface area (Å²) in [6, 6.07) is 6.94. The van der Waals surface area contributed by atoms with E-state index in [0.717, 1.165) is 36.8 Å². The molecule has 0 spiro atoms. The maximum absolute atomic E-state index is 12.9. The van der Waals surface area contributed by atoms with Gasteiger partial charge in [0.15, 0.2) is 0 Å². The average Bonchev–Trinajstić information content (AvgIpc) is 2.64. The number of hydrogen-bond acceptors (Lipinski definition) is 3. The summed E-state index contributed by atoms with van der Waals surface area (Å²) in [5, 5.41) is 0.589. The number of carbonyl (C=O) groups excluding carboxylic acids is 1. The molecule has 4 nitrogen and oxygen atoms in total. The van der Waals surface area contributed by atoms with Crippen LogP contribution in [0.15, 0.2) is 41.3 Å². The second-order valence-corrected chi connectivity index (χ2v) is 6.60. The summed E-state index contributed by atoms with van der Waals surface area (Å²) in [6.45, 7) is 1.77. The van der Waals surface area contributed by atoms with Crippen molar-refractivity contribution in [3.05, 3.63) is 68.6 Å². The van der Waals surface area contributed by atoms with Gasteiger partial charge in [0.05, 0.1) is 12.7 Å². The molecule has 0 unspecified atom stereocenters. The summed E-state index contributed by atoms with van der Waals surface area (Å²) in [7, 11) is 1.36. The highest BCUT2D eigenvalue weighted by Gasteiger charge is 2.22. The van der Waals surface area contributed by atoms with E-state index in [4.69, 9.17) is 16.3 Å². The number of pyridine rings is 1. The van der Waals surface area contributed by atoms with Crippen molar-refractivity contribution in [1.29, 1.82) is 0 Å². The molecule has 1 aliphatic rings. The minimum atomic E-state index is -0.438. The second kappa shape index (κ2) is 7.28. The molecule has 0 N–H and O–H groups in total. The Balaban J connectivity index is 2.25. The van der Waals surface area contributed by atoms with Crippen molar-refractivity contribution in [2.75, 3.05) is 7.11 Å². The number of halogens is 1. The monoisotopic (exact) mass is 357 g/mol. The Hall–Kier alpha value is -2.33. The minimum absolute atomic E-state index is 0.142. The highest BCUT2D eigenvalue weighted by atomic mass is 35.5. The summed E-state index contributed by atoms with van der Waals surface area (Å²) in [6.07, 6.45) is 7.74. The van der Waals surface area contributed by atoms with Gasteiger partial charge < -0.3 is 4.74 Å². The smallest absolute Gasteiger partial charge is 0.339 e. The number of rotatable bonds is 3. The average molecular weight is 358 g/mol. The zero-order chi connectivity index (χ0) is 18.0. The van der Waals surface area contributed by atoms with Crippen LogP contribution < -0.4 is 5.56 Å². The van der Waals surface area contributed by atoms with Crippen LogP contribution in [0.5, 0.6) is 0 Å². The maximum Gasteiger partial charge on any atom is 0.339 e. The first-order chi connectivity index (χ1) is 12.0. The molecule has 3 rings (SSSR count). The molecular formula is C20H20ClNO3. The predicted molar refractivity (Wildman–Crippen MR) is 99.6 cm³/mol. The molecule has 0 amide bonds. The number of allylic oxidation sites excluding steroid dienone is 2. The van der Waals surface area contributed by atoms with E-state index in [9.17, 15) is 9.59 Å². The van der Waals surface area contributed by atoms with Crippen LogP contribution in [-0.4, -0.2) is 17.6 Å². The third-order valence-electron chi connectivity index (χ3n) is 4.56. The van der Waals surface area contributed by atoms with Gasteiger partial charge in [-0.1, -0.05) is 17.7 Å². The fraction of sp³-hybridized carbons (Fsp3) is 0.300. The van der Waals surface area contributed by atoms with Crippen LogP contribution in [0.2, 0.25) is 5.02 Å². The molecular weight excluding hydrogens is 338 g/mol. The van der Waals surface area contributed by atoms with Crippen LogP contribution in [0.1, 0.15) is 47.2 Å². The molecule has 25 heavy (non-hydrogen) atoms. The fourth-order valence-electron chi connectivity index (χ4n) is 3.28. The molecule has 0 saturated carbocycles.